The minimum atomic E-state index is -0.456. The quantitative estimate of drug-likeness (QED) is 0.668. The van der Waals surface area contributed by atoms with Gasteiger partial charge in [-0.25, -0.2) is 0 Å². The van der Waals surface area contributed by atoms with Crippen molar-refractivity contribution in [2.75, 3.05) is 5.73 Å². The number of aryl methyl sites for hydroxylation is 2. The molecule has 3 N–H and O–H groups in total. The molecule has 1 aliphatic rings. The lowest BCUT2D eigenvalue weighted by atomic mass is 9.89. The number of benzene rings is 1. The van der Waals surface area contributed by atoms with Crippen LogP contribution in [0.15, 0.2) is 12.1 Å². The predicted octanol–water partition coefficient (Wildman–Crippen LogP) is 2.20. The number of fused-ring (bicyclic) bond motifs is 1. The molecule has 1 atom stereocenters. The molecule has 0 aromatic heterocycles. The van der Waals surface area contributed by atoms with Crippen LogP contribution in [0.2, 0.25) is 0 Å². The van der Waals surface area contributed by atoms with E-state index in [4.69, 9.17) is 5.73 Å². The third kappa shape index (κ3) is 1.62. The molecular formula is C12H17NO. The second-order valence-corrected chi connectivity index (χ2v) is 4.13. The van der Waals surface area contributed by atoms with Crippen molar-refractivity contribution >= 4 is 5.69 Å². The smallest absolute Gasteiger partial charge is 0.0781 e. The maximum absolute atomic E-state index is 9.53. The second kappa shape index (κ2) is 3.62. The molecule has 76 valence electrons. The first kappa shape index (κ1) is 9.53. The zero-order valence-corrected chi connectivity index (χ0v) is 8.59. The van der Waals surface area contributed by atoms with Crippen LogP contribution in [0.5, 0.6) is 0 Å². The highest BCUT2D eigenvalue weighted by atomic mass is 16.3. The number of hydrogen-bond donors (Lipinski definition) is 2. The summed E-state index contributed by atoms with van der Waals surface area (Å²) in [5.41, 5.74) is 10.3. The molecule has 14 heavy (non-hydrogen) atoms. The van der Waals surface area contributed by atoms with Crippen LogP contribution in [0.1, 0.15) is 42.6 Å². The maximum atomic E-state index is 9.53. The van der Waals surface area contributed by atoms with E-state index in [2.05, 4.69) is 6.07 Å². The van der Waals surface area contributed by atoms with Gasteiger partial charge < -0.3 is 10.8 Å². The van der Waals surface area contributed by atoms with Gasteiger partial charge in [-0.05, 0) is 49.8 Å². The van der Waals surface area contributed by atoms with Gasteiger partial charge in [-0.15, -0.1) is 0 Å². The molecule has 2 nitrogen and oxygen atoms in total. The predicted molar refractivity (Wildman–Crippen MR) is 58.1 cm³/mol. The van der Waals surface area contributed by atoms with Gasteiger partial charge in [0.15, 0.2) is 0 Å². The molecule has 0 bridgehead atoms. The number of rotatable bonds is 1. The Morgan fingerprint density at radius 3 is 2.36 bits per heavy atom. The molecule has 0 radical (unpaired) electrons. The number of aliphatic hydroxyl groups excluding tert-OH is 1. The van der Waals surface area contributed by atoms with Gasteiger partial charge in [0.05, 0.1) is 6.10 Å². The molecule has 1 aliphatic carbocycles. The van der Waals surface area contributed by atoms with E-state index in [-0.39, 0.29) is 0 Å². The monoisotopic (exact) mass is 191 g/mol. The average molecular weight is 191 g/mol. The summed E-state index contributed by atoms with van der Waals surface area (Å²) in [5.74, 6) is 0. The average Bonchev–Trinajstić information content (AvgIpc) is 2.16. The van der Waals surface area contributed by atoms with Gasteiger partial charge in [0, 0.05) is 11.3 Å². The third-order valence-corrected chi connectivity index (χ3v) is 3.00. The molecular weight excluding hydrogens is 174 g/mol. The van der Waals surface area contributed by atoms with E-state index < -0.39 is 6.10 Å². The van der Waals surface area contributed by atoms with Gasteiger partial charge in [-0.1, -0.05) is 6.07 Å². The van der Waals surface area contributed by atoms with Crippen molar-refractivity contribution in [1.82, 2.24) is 0 Å². The molecule has 0 heterocycles. The van der Waals surface area contributed by atoms with Gasteiger partial charge in [0.1, 0.15) is 0 Å². The Bertz CT molecular complexity index is 344. The molecule has 0 spiro atoms. The zero-order chi connectivity index (χ0) is 10.1. The van der Waals surface area contributed by atoms with E-state index in [0.717, 1.165) is 24.1 Å². The van der Waals surface area contributed by atoms with E-state index >= 15 is 0 Å². The lowest BCUT2D eigenvalue weighted by Gasteiger charge is -2.19. The number of nitrogen functional groups attached to an aromatic ring is 1. The minimum Gasteiger partial charge on any atom is -0.398 e. The third-order valence-electron chi connectivity index (χ3n) is 3.00. The van der Waals surface area contributed by atoms with Gasteiger partial charge >= 0.3 is 0 Å². The summed E-state index contributed by atoms with van der Waals surface area (Å²) >= 11 is 0. The summed E-state index contributed by atoms with van der Waals surface area (Å²) in [5, 5.41) is 9.53. The highest BCUT2D eigenvalue weighted by molar-refractivity contribution is 5.53. The molecule has 1 aromatic rings. The number of hydrogen-bond acceptors (Lipinski definition) is 2. The van der Waals surface area contributed by atoms with Crippen LogP contribution in [0.4, 0.5) is 5.69 Å². The van der Waals surface area contributed by atoms with Crippen molar-refractivity contribution in [3.05, 3.63) is 28.8 Å². The summed E-state index contributed by atoms with van der Waals surface area (Å²) in [6.45, 7) is 1.76. The van der Waals surface area contributed by atoms with E-state index in [0.29, 0.717) is 0 Å². The van der Waals surface area contributed by atoms with Crippen molar-refractivity contribution in [3.8, 4) is 0 Å². The molecule has 2 heteroatoms. The Hall–Kier alpha value is -1.02. The fourth-order valence-electron chi connectivity index (χ4n) is 2.19. The van der Waals surface area contributed by atoms with Gasteiger partial charge in [0.25, 0.3) is 0 Å². The van der Waals surface area contributed by atoms with Gasteiger partial charge in [0.2, 0.25) is 0 Å². The molecule has 0 fully saturated rings. The Balaban J connectivity index is 2.45. The Labute approximate surface area is 84.7 Å². The molecule has 0 saturated carbocycles. The zero-order valence-electron chi connectivity index (χ0n) is 8.59. The molecule has 1 aromatic carbocycles. The molecule has 0 aliphatic heterocycles. The maximum Gasteiger partial charge on any atom is 0.0781 e. The molecule has 0 saturated heterocycles. The van der Waals surface area contributed by atoms with Crippen molar-refractivity contribution in [1.29, 1.82) is 0 Å². The van der Waals surface area contributed by atoms with Crippen LogP contribution in [0, 0.1) is 0 Å². The summed E-state index contributed by atoms with van der Waals surface area (Å²) in [6.07, 6.45) is 4.34. The van der Waals surface area contributed by atoms with Crippen molar-refractivity contribution in [2.24, 2.45) is 0 Å². The van der Waals surface area contributed by atoms with Crippen molar-refractivity contribution in [3.63, 3.8) is 0 Å². The number of nitrogens with two attached hydrogens (primary N) is 1. The fraction of sp³-hybridized carbons (Fsp3) is 0.500. The summed E-state index contributed by atoms with van der Waals surface area (Å²) in [7, 11) is 0. The summed E-state index contributed by atoms with van der Waals surface area (Å²) in [6, 6.07) is 4.12. The number of anilines is 1. The van der Waals surface area contributed by atoms with E-state index in [1.54, 1.807) is 6.92 Å². The normalized spacial score (nSPS) is 17.6. The largest absolute Gasteiger partial charge is 0.398 e. The first-order valence-electron chi connectivity index (χ1n) is 5.27. The van der Waals surface area contributed by atoms with Gasteiger partial charge in [-0.3, -0.25) is 0 Å². The van der Waals surface area contributed by atoms with E-state index in [1.807, 2.05) is 6.07 Å². The molecule has 2 rings (SSSR count). The SMILES string of the molecule is CC(O)c1cc2c(cc1N)CCCC2. The Kier molecular flexibility index (Phi) is 2.46. The molecule has 1 unspecified atom stereocenters. The Morgan fingerprint density at radius 2 is 1.79 bits per heavy atom. The first-order chi connectivity index (χ1) is 6.68. The van der Waals surface area contributed by atoms with Crippen LogP contribution in [-0.4, -0.2) is 5.11 Å². The first-order valence-corrected chi connectivity index (χ1v) is 5.27. The van der Waals surface area contributed by atoms with E-state index in [1.165, 1.54) is 24.0 Å². The molecule has 0 amide bonds. The van der Waals surface area contributed by atoms with Crippen LogP contribution in [-0.2, 0) is 12.8 Å². The van der Waals surface area contributed by atoms with Crippen LogP contribution < -0.4 is 5.73 Å². The van der Waals surface area contributed by atoms with Crippen molar-refractivity contribution < 1.29 is 5.11 Å². The van der Waals surface area contributed by atoms with Crippen LogP contribution >= 0.6 is 0 Å². The standard InChI is InChI=1S/C12H17NO/c1-8(14)11-6-9-4-2-3-5-10(9)7-12(11)13/h6-8,14H,2-5,13H2,1H3. The highest BCUT2D eigenvalue weighted by Crippen LogP contribution is 2.29. The number of aliphatic hydroxyl groups is 1. The second-order valence-electron chi connectivity index (χ2n) is 4.13. The lowest BCUT2D eigenvalue weighted by Crippen LogP contribution is -2.07. The highest BCUT2D eigenvalue weighted by Gasteiger charge is 2.14. The lowest BCUT2D eigenvalue weighted by molar-refractivity contribution is 0.200. The minimum absolute atomic E-state index is 0.456. The van der Waals surface area contributed by atoms with Crippen LogP contribution in [0.25, 0.3) is 0 Å². The van der Waals surface area contributed by atoms with Gasteiger partial charge in [-0.2, -0.15) is 0 Å². The summed E-state index contributed by atoms with van der Waals surface area (Å²) < 4.78 is 0. The van der Waals surface area contributed by atoms with Crippen LogP contribution in [0.3, 0.4) is 0 Å². The fourth-order valence-corrected chi connectivity index (χ4v) is 2.19. The van der Waals surface area contributed by atoms with Crippen molar-refractivity contribution in [2.45, 2.75) is 38.7 Å². The summed E-state index contributed by atoms with van der Waals surface area (Å²) in [4.78, 5) is 0. The Morgan fingerprint density at radius 1 is 1.21 bits per heavy atom. The topological polar surface area (TPSA) is 46.2 Å². The van der Waals surface area contributed by atoms with E-state index in [9.17, 15) is 5.11 Å².